The van der Waals surface area contributed by atoms with E-state index in [0.29, 0.717) is 22.7 Å². The van der Waals surface area contributed by atoms with E-state index in [9.17, 15) is 14.9 Å². The van der Waals surface area contributed by atoms with Crippen molar-refractivity contribution < 1.29 is 9.72 Å². The van der Waals surface area contributed by atoms with Gasteiger partial charge in [-0.2, -0.15) is 9.61 Å². The molecule has 1 N–H and O–H groups in total. The standard InChI is InChI=1S/C24H17N7O3/c32-23(15-16-1-7-20(8-2-16)31(33)34)26-19-5-3-17(4-6-19)21-9-10-22-27-28-24(30(22)29-21)18-11-13-25-14-12-18/h1-14H,15H2,(H,26,32). The van der Waals surface area contributed by atoms with E-state index in [0.717, 1.165) is 16.8 Å². The summed E-state index contributed by atoms with van der Waals surface area (Å²) in [5.41, 5.74) is 4.40. The monoisotopic (exact) mass is 451 g/mol. The Morgan fingerprint density at radius 1 is 0.882 bits per heavy atom. The molecule has 3 aromatic heterocycles. The van der Waals surface area contributed by atoms with Crippen LogP contribution < -0.4 is 5.32 Å². The first-order valence-corrected chi connectivity index (χ1v) is 10.3. The van der Waals surface area contributed by atoms with Crippen LogP contribution in [0.5, 0.6) is 0 Å². The second-order valence-corrected chi connectivity index (χ2v) is 7.47. The number of nitrogens with zero attached hydrogens (tertiary/aromatic N) is 6. The van der Waals surface area contributed by atoms with Crippen LogP contribution in [0.25, 0.3) is 28.3 Å². The molecule has 0 atom stereocenters. The van der Waals surface area contributed by atoms with Gasteiger partial charge in [-0.15, -0.1) is 10.2 Å². The summed E-state index contributed by atoms with van der Waals surface area (Å²) in [5.74, 6) is 0.405. The first-order chi connectivity index (χ1) is 16.6. The molecule has 10 nitrogen and oxygen atoms in total. The lowest BCUT2D eigenvalue weighted by Crippen LogP contribution is -2.14. The summed E-state index contributed by atoms with van der Waals surface area (Å²) in [7, 11) is 0. The molecule has 10 heteroatoms. The second kappa shape index (κ2) is 8.87. The van der Waals surface area contributed by atoms with Crippen molar-refractivity contribution in [2.75, 3.05) is 5.32 Å². The zero-order valence-electron chi connectivity index (χ0n) is 17.7. The summed E-state index contributed by atoms with van der Waals surface area (Å²) in [6.45, 7) is 0. The van der Waals surface area contributed by atoms with Gasteiger partial charge in [0.05, 0.1) is 17.0 Å². The van der Waals surface area contributed by atoms with Crippen molar-refractivity contribution in [3.05, 3.63) is 101 Å². The average molecular weight is 451 g/mol. The SMILES string of the molecule is O=C(Cc1ccc([N+](=O)[O-])cc1)Nc1ccc(-c2ccc3nnc(-c4ccncc4)n3n2)cc1. The molecule has 5 aromatic rings. The average Bonchev–Trinajstić information content (AvgIpc) is 3.29. The Hall–Kier alpha value is -4.99. The molecule has 0 fully saturated rings. The minimum atomic E-state index is -0.471. The number of nitro benzene ring substituents is 1. The fourth-order valence-corrected chi connectivity index (χ4v) is 3.47. The highest BCUT2D eigenvalue weighted by Gasteiger charge is 2.11. The Balaban J connectivity index is 1.31. The van der Waals surface area contributed by atoms with Gasteiger partial charge in [0.2, 0.25) is 5.91 Å². The fraction of sp³-hybridized carbons (Fsp3) is 0.0417. The van der Waals surface area contributed by atoms with Crippen molar-refractivity contribution in [3.8, 4) is 22.6 Å². The maximum absolute atomic E-state index is 12.4. The maximum atomic E-state index is 12.4. The van der Waals surface area contributed by atoms with Crippen LogP contribution in [-0.4, -0.2) is 35.6 Å². The molecule has 0 saturated carbocycles. The summed E-state index contributed by atoms with van der Waals surface area (Å²) in [6, 6.07) is 20.7. The van der Waals surface area contributed by atoms with Gasteiger partial charge in [-0.05, 0) is 42.0 Å². The summed E-state index contributed by atoms with van der Waals surface area (Å²) >= 11 is 0. The molecule has 0 radical (unpaired) electrons. The van der Waals surface area contributed by atoms with E-state index in [-0.39, 0.29) is 18.0 Å². The Morgan fingerprint density at radius 2 is 1.62 bits per heavy atom. The van der Waals surface area contributed by atoms with Crippen LogP contribution in [0.2, 0.25) is 0 Å². The second-order valence-electron chi connectivity index (χ2n) is 7.47. The highest BCUT2D eigenvalue weighted by molar-refractivity contribution is 5.92. The van der Waals surface area contributed by atoms with Gasteiger partial charge >= 0.3 is 0 Å². The molecule has 1 amide bonds. The number of benzene rings is 2. The summed E-state index contributed by atoms with van der Waals surface area (Å²) in [6.07, 6.45) is 3.49. The number of aromatic nitrogens is 5. The number of nitro groups is 1. The molecule has 0 aliphatic carbocycles. The number of rotatable bonds is 6. The number of fused-ring (bicyclic) bond motifs is 1. The molecule has 34 heavy (non-hydrogen) atoms. The number of pyridine rings is 1. The normalized spacial score (nSPS) is 10.8. The Kier molecular flexibility index (Phi) is 5.45. The van der Waals surface area contributed by atoms with E-state index < -0.39 is 4.92 Å². The van der Waals surface area contributed by atoms with E-state index in [1.807, 2.05) is 36.4 Å². The van der Waals surface area contributed by atoms with Gasteiger partial charge in [0, 0.05) is 41.3 Å². The number of carbonyl (C=O) groups is 1. The molecule has 0 aliphatic heterocycles. The van der Waals surface area contributed by atoms with Gasteiger partial charge in [-0.1, -0.05) is 24.3 Å². The van der Waals surface area contributed by atoms with E-state index in [1.165, 1.54) is 12.1 Å². The Morgan fingerprint density at radius 3 is 2.32 bits per heavy atom. The minimum absolute atomic E-state index is 0.00841. The van der Waals surface area contributed by atoms with Crippen molar-refractivity contribution in [2.24, 2.45) is 0 Å². The van der Waals surface area contributed by atoms with E-state index >= 15 is 0 Å². The lowest BCUT2D eigenvalue weighted by molar-refractivity contribution is -0.384. The van der Waals surface area contributed by atoms with Gasteiger partial charge in [-0.25, -0.2) is 0 Å². The number of hydrogen-bond donors (Lipinski definition) is 1. The first-order valence-electron chi connectivity index (χ1n) is 10.3. The number of non-ortho nitro benzene ring substituents is 1. The molecule has 0 saturated heterocycles. The third-order valence-electron chi connectivity index (χ3n) is 5.18. The number of carbonyl (C=O) groups excluding carboxylic acids is 1. The van der Waals surface area contributed by atoms with Crippen LogP contribution in [0.1, 0.15) is 5.56 Å². The van der Waals surface area contributed by atoms with Crippen LogP contribution in [0.15, 0.2) is 85.2 Å². The topological polar surface area (TPSA) is 128 Å². The predicted octanol–water partition coefficient (Wildman–Crippen LogP) is 3.94. The van der Waals surface area contributed by atoms with Gasteiger partial charge in [0.25, 0.3) is 5.69 Å². The van der Waals surface area contributed by atoms with E-state index in [4.69, 9.17) is 0 Å². The zero-order valence-corrected chi connectivity index (χ0v) is 17.7. The van der Waals surface area contributed by atoms with Crippen molar-refractivity contribution >= 4 is 22.9 Å². The molecular weight excluding hydrogens is 434 g/mol. The molecule has 166 valence electrons. The number of hydrogen-bond acceptors (Lipinski definition) is 7. The molecule has 5 rings (SSSR count). The Labute approximate surface area is 193 Å². The van der Waals surface area contributed by atoms with Crippen molar-refractivity contribution in [2.45, 2.75) is 6.42 Å². The van der Waals surface area contributed by atoms with Crippen LogP contribution in [0, 0.1) is 10.1 Å². The Bertz CT molecular complexity index is 1480. The minimum Gasteiger partial charge on any atom is -0.326 e. The lowest BCUT2D eigenvalue weighted by atomic mass is 10.1. The van der Waals surface area contributed by atoms with Crippen LogP contribution in [-0.2, 0) is 11.2 Å². The van der Waals surface area contributed by atoms with Gasteiger partial charge in [0.15, 0.2) is 11.5 Å². The van der Waals surface area contributed by atoms with Crippen molar-refractivity contribution in [3.63, 3.8) is 0 Å². The maximum Gasteiger partial charge on any atom is 0.269 e. The van der Waals surface area contributed by atoms with Gasteiger partial charge in [-0.3, -0.25) is 19.9 Å². The fourth-order valence-electron chi connectivity index (χ4n) is 3.47. The molecule has 0 bridgehead atoms. The zero-order chi connectivity index (χ0) is 23.5. The van der Waals surface area contributed by atoms with Crippen LogP contribution in [0.3, 0.4) is 0 Å². The molecule has 0 unspecified atom stereocenters. The highest BCUT2D eigenvalue weighted by atomic mass is 16.6. The molecular formula is C24H17N7O3. The quantitative estimate of drug-likeness (QED) is 0.306. The largest absolute Gasteiger partial charge is 0.326 e. The predicted molar refractivity (Wildman–Crippen MR) is 125 cm³/mol. The number of anilines is 1. The van der Waals surface area contributed by atoms with Gasteiger partial charge in [0.1, 0.15) is 0 Å². The third-order valence-corrected chi connectivity index (χ3v) is 5.18. The van der Waals surface area contributed by atoms with E-state index in [2.05, 4.69) is 25.6 Å². The van der Waals surface area contributed by atoms with Crippen LogP contribution >= 0.6 is 0 Å². The number of nitrogens with one attached hydrogen (secondary N) is 1. The third kappa shape index (κ3) is 4.32. The van der Waals surface area contributed by atoms with Crippen molar-refractivity contribution in [1.29, 1.82) is 0 Å². The number of amides is 1. The van der Waals surface area contributed by atoms with Gasteiger partial charge < -0.3 is 5.32 Å². The van der Waals surface area contributed by atoms with Crippen molar-refractivity contribution in [1.82, 2.24) is 24.8 Å². The molecule has 3 heterocycles. The first kappa shape index (κ1) is 20.9. The molecule has 0 aliphatic rings. The highest BCUT2D eigenvalue weighted by Crippen LogP contribution is 2.22. The lowest BCUT2D eigenvalue weighted by Gasteiger charge is -2.07. The molecule has 0 spiro atoms. The van der Waals surface area contributed by atoms with Crippen LogP contribution in [0.4, 0.5) is 11.4 Å². The smallest absolute Gasteiger partial charge is 0.269 e. The summed E-state index contributed by atoms with van der Waals surface area (Å²) in [4.78, 5) is 26.7. The summed E-state index contributed by atoms with van der Waals surface area (Å²) in [5, 5.41) is 26.7. The van der Waals surface area contributed by atoms with E-state index in [1.54, 1.807) is 41.2 Å². The molecule has 2 aromatic carbocycles. The summed E-state index contributed by atoms with van der Waals surface area (Å²) < 4.78 is 1.69.